The van der Waals surface area contributed by atoms with Gasteiger partial charge in [-0.25, -0.2) is 4.98 Å². The van der Waals surface area contributed by atoms with Crippen molar-refractivity contribution in [3.63, 3.8) is 0 Å². The number of nitro groups is 1. The van der Waals surface area contributed by atoms with Crippen molar-refractivity contribution in [3.05, 3.63) is 28.4 Å². The largest absolute Gasteiger partial charge is 0.391 e. The fourth-order valence-corrected chi connectivity index (χ4v) is 1.71. The molecule has 0 unspecified atom stereocenters. The van der Waals surface area contributed by atoms with Gasteiger partial charge < -0.3 is 10.0 Å². The summed E-state index contributed by atoms with van der Waals surface area (Å²) in [7, 11) is 0. The lowest BCUT2D eigenvalue weighted by Gasteiger charge is -2.15. The zero-order valence-electron chi connectivity index (χ0n) is 8.04. The first-order chi connectivity index (χ1) is 7.18. The summed E-state index contributed by atoms with van der Waals surface area (Å²) < 4.78 is 0. The maximum Gasteiger partial charge on any atom is 0.311 e. The first kappa shape index (κ1) is 9.85. The summed E-state index contributed by atoms with van der Waals surface area (Å²) in [6, 6.07) is 2.96. The molecule has 1 aromatic rings. The summed E-state index contributed by atoms with van der Waals surface area (Å²) in [5.74, 6) is 0.346. The van der Waals surface area contributed by atoms with Crippen LogP contribution in [0.3, 0.4) is 0 Å². The molecular formula is C9H11N3O3. The lowest BCUT2D eigenvalue weighted by atomic mass is 10.3. The summed E-state index contributed by atoms with van der Waals surface area (Å²) in [5, 5.41) is 20.1. The maximum atomic E-state index is 10.7. The van der Waals surface area contributed by atoms with Crippen molar-refractivity contribution in [2.45, 2.75) is 12.5 Å². The van der Waals surface area contributed by atoms with Gasteiger partial charge in [0.05, 0.1) is 11.0 Å². The van der Waals surface area contributed by atoms with Crippen LogP contribution in [-0.2, 0) is 0 Å². The van der Waals surface area contributed by atoms with Crippen LogP contribution in [0.4, 0.5) is 11.5 Å². The van der Waals surface area contributed by atoms with Crippen LogP contribution < -0.4 is 4.90 Å². The first-order valence-electron chi connectivity index (χ1n) is 4.71. The number of anilines is 1. The highest BCUT2D eigenvalue weighted by Crippen LogP contribution is 2.27. The van der Waals surface area contributed by atoms with Gasteiger partial charge in [-0.05, 0) is 12.5 Å². The van der Waals surface area contributed by atoms with Gasteiger partial charge >= 0.3 is 5.69 Å². The molecule has 0 amide bonds. The summed E-state index contributed by atoms with van der Waals surface area (Å²) in [5.41, 5.74) is -0.00778. The summed E-state index contributed by atoms with van der Waals surface area (Å²) >= 11 is 0. The van der Waals surface area contributed by atoms with Crippen molar-refractivity contribution in [2.24, 2.45) is 0 Å². The zero-order valence-corrected chi connectivity index (χ0v) is 8.04. The van der Waals surface area contributed by atoms with Crippen molar-refractivity contribution < 1.29 is 10.0 Å². The summed E-state index contributed by atoms with van der Waals surface area (Å²) in [6.45, 7) is 1.02. The van der Waals surface area contributed by atoms with E-state index in [0.29, 0.717) is 25.3 Å². The molecule has 6 heteroatoms. The smallest absolute Gasteiger partial charge is 0.311 e. The second kappa shape index (κ2) is 3.82. The van der Waals surface area contributed by atoms with E-state index < -0.39 is 11.0 Å². The van der Waals surface area contributed by atoms with Crippen LogP contribution >= 0.6 is 0 Å². The van der Waals surface area contributed by atoms with Crippen molar-refractivity contribution in [3.8, 4) is 0 Å². The van der Waals surface area contributed by atoms with Crippen molar-refractivity contribution in [1.82, 2.24) is 4.98 Å². The Hall–Kier alpha value is -1.69. The molecule has 1 atom stereocenters. The van der Waals surface area contributed by atoms with Crippen LogP contribution in [-0.4, -0.2) is 34.2 Å². The van der Waals surface area contributed by atoms with Gasteiger partial charge in [0.1, 0.15) is 0 Å². The normalized spacial score (nSPS) is 20.6. The first-order valence-corrected chi connectivity index (χ1v) is 4.71. The van der Waals surface area contributed by atoms with E-state index in [1.54, 1.807) is 4.90 Å². The number of hydrogen-bond acceptors (Lipinski definition) is 5. The zero-order chi connectivity index (χ0) is 10.8. The van der Waals surface area contributed by atoms with E-state index in [9.17, 15) is 15.2 Å². The number of hydrogen-bond donors (Lipinski definition) is 1. The molecule has 15 heavy (non-hydrogen) atoms. The van der Waals surface area contributed by atoms with E-state index in [1.165, 1.54) is 18.3 Å². The van der Waals surface area contributed by atoms with Crippen molar-refractivity contribution in [2.75, 3.05) is 18.0 Å². The SMILES string of the molecule is O=[N+]([O-])c1cccnc1N1CC[C@H](O)C1. The molecule has 2 rings (SSSR count). The number of aliphatic hydroxyl groups excluding tert-OH is 1. The van der Waals surface area contributed by atoms with Crippen molar-refractivity contribution >= 4 is 11.5 Å². The minimum Gasteiger partial charge on any atom is -0.391 e. The van der Waals surface area contributed by atoms with Gasteiger partial charge in [-0.2, -0.15) is 0 Å². The molecule has 1 aliphatic heterocycles. The summed E-state index contributed by atoms with van der Waals surface area (Å²) in [4.78, 5) is 16.0. The monoisotopic (exact) mass is 209 g/mol. The van der Waals surface area contributed by atoms with E-state index in [-0.39, 0.29) is 5.69 Å². The van der Waals surface area contributed by atoms with Gasteiger partial charge in [-0.15, -0.1) is 0 Å². The second-order valence-electron chi connectivity index (χ2n) is 3.49. The van der Waals surface area contributed by atoms with Gasteiger partial charge in [0.2, 0.25) is 5.82 Å². The molecule has 80 valence electrons. The van der Waals surface area contributed by atoms with Crippen LogP contribution in [0.2, 0.25) is 0 Å². The van der Waals surface area contributed by atoms with Crippen LogP contribution in [0.1, 0.15) is 6.42 Å². The van der Waals surface area contributed by atoms with Crippen LogP contribution in [0.15, 0.2) is 18.3 Å². The fourth-order valence-electron chi connectivity index (χ4n) is 1.71. The molecule has 0 spiro atoms. The molecule has 1 N–H and O–H groups in total. The third-order valence-corrected chi connectivity index (χ3v) is 2.43. The Morgan fingerprint density at radius 2 is 2.47 bits per heavy atom. The van der Waals surface area contributed by atoms with E-state index in [0.717, 1.165) is 0 Å². The minimum atomic E-state index is -0.451. The predicted molar refractivity (Wildman–Crippen MR) is 53.7 cm³/mol. The Balaban J connectivity index is 2.31. The van der Waals surface area contributed by atoms with Gasteiger partial charge in [0.15, 0.2) is 0 Å². The van der Waals surface area contributed by atoms with Gasteiger partial charge in [-0.1, -0.05) is 0 Å². The molecule has 1 fully saturated rings. The number of aliphatic hydroxyl groups is 1. The van der Waals surface area contributed by atoms with E-state index in [2.05, 4.69) is 4.98 Å². The van der Waals surface area contributed by atoms with E-state index in [1.807, 2.05) is 0 Å². The Morgan fingerprint density at radius 3 is 3.07 bits per heavy atom. The lowest BCUT2D eigenvalue weighted by molar-refractivity contribution is -0.384. The average molecular weight is 209 g/mol. The molecule has 6 nitrogen and oxygen atoms in total. The second-order valence-corrected chi connectivity index (χ2v) is 3.49. The van der Waals surface area contributed by atoms with Crippen molar-refractivity contribution in [1.29, 1.82) is 0 Å². The third kappa shape index (κ3) is 1.89. The Kier molecular flexibility index (Phi) is 2.51. The Bertz CT molecular complexity index is 383. The van der Waals surface area contributed by atoms with Gasteiger partial charge in [-0.3, -0.25) is 10.1 Å². The average Bonchev–Trinajstić information content (AvgIpc) is 2.65. The number of rotatable bonds is 2. The quantitative estimate of drug-likeness (QED) is 0.568. The van der Waals surface area contributed by atoms with Crippen LogP contribution in [0.5, 0.6) is 0 Å². The Labute approximate surface area is 86.3 Å². The molecule has 1 aliphatic rings. The molecule has 0 bridgehead atoms. The standard InChI is InChI=1S/C9H11N3O3/c13-7-3-5-11(6-7)9-8(12(14)15)2-1-4-10-9/h1-2,4,7,13H,3,5-6H2/t7-/m0/s1. The molecule has 0 aromatic carbocycles. The molecule has 0 saturated carbocycles. The number of nitrogens with zero attached hydrogens (tertiary/aromatic N) is 3. The molecule has 1 aromatic heterocycles. The maximum absolute atomic E-state index is 10.7. The number of β-amino-alcohol motifs (C(OH)–C–C–N with tert-alkyl or cyclic N) is 1. The molecule has 1 saturated heterocycles. The lowest BCUT2D eigenvalue weighted by Crippen LogP contribution is -2.23. The highest BCUT2D eigenvalue weighted by Gasteiger charge is 2.27. The molecule has 0 radical (unpaired) electrons. The molecular weight excluding hydrogens is 198 g/mol. The van der Waals surface area contributed by atoms with Gasteiger partial charge in [0, 0.05) is 25.4 Å². The Morgan fingerprint density at radius 1 is 1.67 bits per heavy atom. The topological polar surface area (TPSA) is 79.5 Å². The predicted octanol–water partition coefficient (Wildman–Crippen LogP) is 0.561. The number of aromatic nitrogens is 1. The summed E-state index contributed by atoms with van der Waals surface area (Å²) in [6.07, 6.45) is 1.74. The minimum absolute atomic E-state index is 0.00778. The highest BCUT2D eigenvalue weighted by atomic mass is 16.6. The highest BCUT2D eigenvalue weighted by molar-refractivity contribution is 5.57. The van der Waals surface area contributed by atoms with E-state index >= 15 is 0 Å². The third-order valence-electron chi connectivity index (χ3n) is 2.43. The van der Waals surface area contributed by atoms with Gasteiger partial charge in [0.25, 0.3) is 0 Å². The fraction of sp³-hybridized carbons (Fsp3) is 0.444. The van der Waals surface area contributed by atoms with Crippen LogP contribution in [0.25, 0.3) is 0 Å². The van der Waals surface area contributed by atoms with Crippen LogP contribution in [0, 0.1) is 10.1 Å². The number of pyridine rings is 1. The van der Waals surface area contributed by atoms with E-state index in [4.69, 9.17) is 0 Å². The molecule has 0 aliphatic carbocycles. The molecule has 2 heterocycles.